The first-order chi connectivity index (χ1) is 18.1. The van der Waals surface area contributed by atoms with E-state index in [0.717, 1.165) is 6.42 Å². The summed E-state index contributed by atoms with van der Waals surface area (Å²) < 4.78 is 0. The zero-order valence-corrected chi connectivity index (χ0v) is 21.3. The van der Waals surface area contributed by atoms with Crippen molar-refractivity contribution in [1.29, 1.82) is 0 Å². The van der Waals surface area contributed by atoms with E-state index in [0.29, 0.717) is 11.8 Å². The van der Waals surface area contributed by atoms with Crippen molar-refractivity contribution in [2.75, 3.05) is 0 Å². The fourth-order valence-corrected chi connectivity index (χ4v) is 6.93. The number of hydrogen-bond donors (Lipinski definition) is 0. The van der Waals surface area contributed by atoms with E-state index >= 15 is 0 Å². The van der Waals surface area contributed by atoms with E-state index in [1.165, 1.54) is 75.8 Å². The first kappa shape index (κ1) is 21.0. The van der Waals surface area contributed by atoms with Crippen LogP contribution in [0.4, 0.5) is 0 Å². The van der Waals surface area contributed by atoms with Gasteiger partial charge in [0.2, 0.25) is 0 Å². The Morgan fingerprint density at radius 3 is 0.973 bits per heavy atom. The van der Waals surface area contributed by atoms with E-state index in [2.05, 4.69) is 123 Å². The topological polar surface area (TPSA) is 0 Å². The number of benzene rings is 8. The number of rotatable bonds is 4. The molecule has 176 valence electrons. The van der Waals surface area contributed by atoms with Crippen LogP contribution >= 0.6 is 0 Å². The van der Waals surface area contributed by atoms with Gasteiger partial charge in [-0.1, -0.05) is 123 Å². The quantitative estimate of drug-likeness (QED) is 0.223. The van der Waals surface area contributed by atoms with Crippen LogP contribution in [0.3, 0.4) is 0 Å². The van der Waals surface area contributed by atoms with Crippen LogP contribution in [-0.2, 0) is 0 Å². The van der Waals surface area contributed by atoms with Gasteiger partial charge in [-0.05, 0) is 94.0 Å². The van der Waals surface area contributed by atoms with Crippen LogP contribution in [0.1, 0.15) is 43.2 Å². The summed E-state index contributed by atoms with van der Waals surface area (Å²) in [5.74, 6) is 0.949. The maximum Gasteiger partial charge on any atom is -0.00266 e. The molecule has 0 aromatic heterocycles. The van der Waals surface area contributed by atoms with Crippen molar-refractivity contribution < 1.29 is 0 Å². The molecule has 8 aromatic carbocycles. The maximum absolute atomic E-state index is 2.44. The van der Waals surface area contributed by atoms with Gasteiger partial charge >= 0.3 is 0 Å². The van der Waals surface area contributed by atoms with Crippen LogP contribution in [0.5, 0.6) is 0 Å². The fraction of sp³-hybridized carbons (Fsp3) is 0.135. The summed E-state index contributed by atoms with van der Waals surface area (Å²) in [5.41, 5.74) is 2.88. The summed E-state index contributed by atoms with van der Waals surface area (Å²) >= 11 is 0. The third-order valence-electron chi connectivity index (χ3n) is 8.82. The van der Waals surface area contributed by atoms with Crippen LogP contribution < -0.4 is 0 Å². The van der Waals surface area contributed by atoms with Crippen LogP contribution in [-0.4, -0.2) is 0 Å². The zero-order valence-electron chi connectivity index (χ0n) is 21.3. The van der Waals surface area contributed by atoms with E-state index < -0.39 is 0 Å². The monoisotopic (exact) mass is 472 g/mol. The molecule has 0 unspecified atom stereocenters. The van der Waals surface area contributed by atoms with Crippen molar-refractivity contribution in [3.63, 3.8) is 0 Å². The Balaban J connectivity index is 1.18. The lowest BCUT2D eigenvalue weighted by atomic mass is 9.83. The van der Waals surface area contributed by atoms with Gasteiger partial charge < -0.3 is 0 Å². The van der Waals surface area contributed by atoms with Gasteiger partial charge in [0.1, 0.15) is 0 Å². The molecule has 0 saturated heterocycles. The van der Waals surface area contributed by atoms with Crippen molar-refractivity contribution in [1.82, 2.24) is 0 Å². The molecule has 37 heavy (non-hydrogen) atoms. The van der Waals surface area contributed by atoms with Crippen LogP contribution in [0.15, 0.2) is 109 Å². The SMILES string of the molecule is C[C@@H](C[C@H](C)c1cc2ccc3cccc4ccc(c1)c2c34)c1cc2ccc3cccc4ccc(c1)c2c34. The van der Waals surface area contributed by atoms with E-state index in [9.17, 15) is 0 Å². The van der Waals surface area contributed by atoms with Crippen molar-refractivity contribution in [3.8, 4) is 0 Å². The molecule has 0 aliphatic heterocycles. The second-order valence-corrected chi connectivity index (χ2v) is 11.1. The molecule has 0 aliphatic carbocycles. The molecule has 0 fully saturated rings. The summed E-state index contributed by atoms with van der Waals surface area (Å²) in [6.07, 6.45) is 1.13. The summed E-state index contributed by atoms with van der Waals surface area (Å²) in [6.45, 7) is 4.79. The van der Waals surface area contributed by atoms with Gasteiger partial charge in [0.05, 0.1) is 0 Å². The van der Waals surface area contributed by atoms with Crippen molar-refractivity contribution in [2.45, 2.75) is 32.1 Å². The molecule has 0 spiro atoms. The lowest BCUT2D eigenvalue weighted by Gasteiger charge is -2.21. The first-order valence-electron chi connectivity index (χ1n) is 13.5. The maximum atomic E-state index is 2.44. The van der Waals surface area contributed by atoms with E-state index in [1.807, 2.05) is 0 Å². The average Bonchev–Trinajstić information content (AvgIpc) is 2.94. The molecule has 0 heterocycles. The minimum absolute atomic E-state index is 0.475. The predicted molar refractivity (Wildman–Crippen MR) is 162 cm³/mol. The molecule has 0 saturated carbocycles. The van der Waals surface area contributed by atoms with Gasteiger partial charge in [-0.2, -0.15) is 0 Å². The van der Waals surface area contributed by atoms with Gasteiger partial charge in [-0.3, -0.25) is 0 Å². The Kier molecular flexibility index (Phi) is 4.35. The smallest absolute Gasteiger partial charge is 0.00266 e. The third-order valence-corrected chi connectivity index (χ3v) is 8.82. The first-order valence-corrected chi connectivity index (χ1v) is 13.5. The van der Waals surface area contributed by atoms with Gasteiger partial charge in [0.15, 0.2) is 0 Å². The van der Waals surface area contributed by atoms with Crippen molar-refractivity contribution in [3.05, 3.63) is 120 Å². The van der Waals surface area contributed by atoms with E-state index in [1.54, 1.807) is 0 Å². The Morgan fingerprint density at radius 1 is 0.378 bits per heavy atom. The molecule has 0 heteroatoms. The molecule has 0 nitrogen and oxygen atoms in total. The molecular formula is C37H28. The second-order valence-electron chi connectivity index (χ2n) is 11.1. The van der Waals surface area contributed by atoms with Crippen LogP contribution in [0.2, 0.25) is 0 Å². The highest BCUT2D eigenvalue weighted by Crippen LogP contribution is 2.40. The molecule has 2 atom stereocenters. The normalized spacial score (nSPS) is 14.1. The standard InChI is InChI=1S/C37H28/c1-22(32-18-28-13-9-24-5-3-6-25-10-14-29(19-32)36(28)34(24)25)17-23(2)33-20-30-15-11-26-7-4-8-27-12-16-31(21-33)37(30)35(26)27/h3-16,18-23H,17H2,1-2H3/t22-,23-/m0/s1. The highest BCUT2D eigenvalue weighted by molar-refractivity contribution is 6.24. The Morgan fingerprint density at radius 2 is 0.649 bits per heavy atom. The molecule has 0 aliphatic rings. The molecule has 0 N–H and O–H groups in total. The molecule has 0 amide bonds. The fourth-order valence-electron chi connectivity index (χ4n) is 6.93. The molecule has 8 rings (SSSR count). The van der Waals surface area contributed by atoms with Crippen molar-refractivity contribution >= 4 is 64.6 Å². The predicted octanol–water partition coefficient (Wildman–Crippen LogP) is 10.8. The van der Waals surface area contributed by atoms with E-state index in [4.69, 9.17) is 0 Å². The molecule has 0 bridgehead atoms. The molecular weight excluding hydrogens is 444 g/mol. The number of hydrogen-bond acceptors (Lipinski definition) is 0. The van der Waals surface area contributed by atoms with Crippen molar-refractivity contribution in [2.24, 2.45) is 0 Å². The van der Waals surface area contributed by atoms with Gasteiger partial charge in [0, 0.05) is 0 Å². The van der Waals surface area contributed by atoms with Gasteiger partial charge in [0.25, 0.3) is 0 Å². The molecule has 0 radical (unpaired) electrons. The highest BCUT2D eigenvalue weighted by Gasteiger charge is 2.17. The van der Waals surface area contributed by atoms with Gasteiger partial charge in [-0.25, -0.2) is 0 Å². The summed E-state index contributed by atoms with van der Waals surface area (Å²) in [6, 6.07) is 41.4. The lowest BCUT2D eigenvalue weighted by molar-refractivity contribution is 0.594. The molecule has 8 aromatic rings. The lowest BCUT2D eigenvalue weighted by Crippen LogP contribution is -2.02. The zero-order chi connectivity index (χ0) is 24.7. The summed E-state index contributed by atoms with van der Waals surface area (Å²) in [7, 11) is 0. The Hall–Kier alpha value is -4.16. The van der Waals surface area contributed by atoms with Crippen LogP contribution in [0.25, 0.3) is 64.6 Å². The largest absolute Gasteiger partial charge is 0.0610 e. The second kappa shape index (κ2) is 7.67. The van der Waals surface area contributed by atoms with Gasteiger partial charge in [-0.15, -0.1) is 0 Å². The van der Waals surface area contributed by atoms with E-state index in [-0.39, 0.29) is 0 Å². The van der Waals surface area contributed by atoms with Crippen LogP contribution in [0, 0.1) is 0 Å². The summed E-state index contributed by atoms with van der Waals surface area (Å²) in [4.78, 5) is 0. The third kappa shape index (κ3) is 3.09. The highest BCUT2D eigenvalue weighted by atomic mass is 14.2. The Bertz CT molecular complexity index is 1810. The Labute approximate surface area is 216 Å². The minimum Gasteiger partial charge on any atom is -0.0610 e. The minimum atomic E-state index is 0.475. The summed E-state index contributed by atoms with van der Waals surface area (Å²) in [5, 5.41) is 16.4. The average molecular weight is 473 g/mol.